The Balaban J connectivity index is 2.01. The smallest absolute Gasteiger partial charge is 0.201 e. The van der Waals surface area contributed by atoms with Crippen molar-refractivity contribution in [1.29, 1.82) is 5.26 Å². The molecule has 4 heteroatoms. The first-order valence-electron chi connectivity index (χ1n) is 5.01. The lowest BCUT2D eigenvalue weighted by atomic mass is 10.2. The molecule has 1 aromatic heterocycles. The van der Waals surface area contributed by atoms with Crippen molar-refractivity contribution >= 4 is 17.0 Å². The van der Waals surface area contributed by atoms with Crippen LogP contribution >= 0.6 is 0 Å². The van der Waals surface area contributed by atoms with Gasteiger partial charge in [-0.1, -0.05) is 0 Å². The predicted octanol–water partition coefficient (Wildman–Crippen LogP) is 2.01. The fourth-order valence-electron chi connectivity index (χ4n) is 1.57. The molecule has 1 fully saturated rings. The normalized spacial score (nSPS) is 15.1. The Kier molecular flexibility index (Phi) is 1.65. The van der Waals surface area contributed by atoms with Crippen LogP contribution in [0.4, 0.5) is 5.95 Å². The van der Waals surface area contributed by atoms with Crippen molar-refractivity contribution in [3.8, 4) is 6.07 Å². The second-order valence-corrected chi connectivity index (χ2v) is 3.85. The maximum absolute atomic E-state index is 8.76. The summed E-state index contributed by atoms with van der Waals surface area (Å²) in [5, 5.41) is 12.1. The van der Waals surface area contributed by atoms with E-state index in [9.17, 15) is 0 Å². The summed E-state index contributed by atoms with van der Waals surface area (Å²) in [6.07, 6.45) is 2.45. The van der Waals surface area contributed by atoms with Crippen LogP contribution in [-0.2, 0) is 0 Å². The van der Waals surface area contributed by atoms with Gasteiger partial charge in [0, 0.05) is 6.04 Å². The molecule has 2 N–H and O–H groups in total. The van der Waals surface area contributed by atoms with Crippen LogP contribution < -0.4 is 5.32 Å². The molecule has 1 aromatic carbocycles. The average molecular weight is 198 g/mol. The molecule has 0 amide bonds. The minimum atomic E-state index is 0.584. The fraction of sp³-hybridized carbons (Fsp3) is 0.273. The molecule has 15 heavy (non-hydrogen) atoms. The molecule has 3 rings (SSSR count). The summed E-state index contributed by atoms with van der Waals surface area (Å²) in [6.45, 7) is 0. The van der Waals surface area contributed by atoms with E-state index >= 15 is 0 Å². The van der Waals surface area contributed by atoms with E-state index in [1.54, 1.807) is 6.07 Å². The van der Waals surface area contributed by atoms with Gasteiger partial charge in [-0.05, 0) is 31.0 Å². The highest BCUT2D eigenvalue weighted by atomic mass is 15.1. The van der Waals surface area contributed by atoms with Gasteiger partial charge in [0.15, 0.2) is 0 Å². The molecule has 4 nitrogen and oxygen atoms in total. The number of nitrogens with zero attached hydrogens (tertiary/aromatic N) is 2. The maximum Gasteiger partial charge on any atom is 0.201 e. The second kappa shape index (κ2) is 2.99. The zero-order chi connectivity index (χ0) is 10.3. The van der Waals surface area contributed by atoms with E-state index in [0.29, 0.717) is 11.6 Å². The Bertz CT molecular complexity index is 545. The van der Waals surface area contributed by atoms with Crippen LogP contribution in [0.25, 0.3) is 11.0 Å². The number of nitrogens with one attached hydrogen (secondary N) is 2. The molecule has 0 atom stereocenters. The van der Waals surface area contributed by atoms with Gasteiger partial charge >= 0.3 is 0 Å². The molecule has 2 aromatic rings. The number of rotatable bonds is 2. The minimum Gasteiger partial charge on any atom is -0.353 e. The van der Waals surface area contributed by atoms with Crippen molar-refractivity contribution in [3.05, 3.63) is 23.8 Å². The lowest BCUT2D eigenvalue weighted by Crippen LogP contribution is -2.01. The third-order valence-corrected chi connectivity index (χ3v) is 2.53. The molecule has 0 saturated heterocycles. The van der Waals surface area contributed by atoms with E-state index in [-0.39, 0.29) is 0 Å². The highest BCUT2D eigenvalue weighted by Gasteiger charge is 2.21. The first-order chi connectivity index (χ1) is 7.35. The van der Waals surface area contributed by atoms with Gasteiger partial charge in [0.25, 0.3) is 0 Å². The van der Waals surface area contributed by atoms with Crippen LogP contribution in [-0.4, -0.2) is 16.0 Å². The molecule has 1 heterocycles. The van der Waals surface area contributed by atoms with Crippen LogP contribution in [0.15, 0.2) is 18.2 Å². The van der Waals surface area contributed by atoms with E-state index in [2.05, 4.69) is 21.4 Å². The van der Waals surface area contributed by atoms with Crippen LogP contribution in [0.5, 0.6) is 0 Å². The molecule has 0 bridgehead atoms. The number of hydrogen-bond acceptors (Lipinski definition) is 3. The van der Waals surface area contributed by atoms with E-state index < -0.39 is 0 Å². The maximum atomic E-state index is 8.76. The quantitative estimate of drug-likeness (QED) is 0.775. The van der Waals surface area contributed by atoms with Crippen molar-refractivity contribution in [1.82, 2.24) is 9.97 Å². The summed E-state index contributed by atoms with van der Waals surface area (Å²) < 4.78 is 0. The topological polar surface area (TPSA) is 64.5 Å². The van der Waals surface area contributed by atoms with Gasteiger partial charge in [-0.15, -0.1) is 0 Å². The number of benzene rings is 1. The molecule has 0 aliphatic heterocycles. The SMILES string of the molecule is N#Cc1ccc2nc(NC3CC3)[nH]c2c1. The van der Waals surface area contributed by atoms with Crippen molar-refractivity contribution in [2.24, 2.45) is 0 Å². The number of anilines is 1. The largest absolute Gasteiger partial charge is 0.353 e. The number of hydrogen-bond donors (Lipinski definition) is 2. The zero-order valence-electron chi connectivity index (χ0n) is 8.12. The highest BCUT2D eigenvalue weighted by Crippen LogP contribution is 2.24. The number of nitriles is 1. The third kappa shape index (κ3) is 1.52. The van der Waals surface area contributed by atoms with Gasteiger partial charge < -0.3 is 10.3 Å². The van der Waals surface area contributed by atoms with E-state index in [1.807, 2.05) is 12.1 Å². The zero-order valence-corrected chi connectivity index (χ0v) is 8.12. The second-order valence-electron chi connectivity index (χ2n) is 3.85. The molecule has 0 unspecified atom stereocenters. The van der Waals surface area contributed by atoms with Crippen molar-refractivity contribution in [3.63, 3.8) is 0 Å². The van der Waals surface area contributed by atoms with Crippen LogP contribution in [0.3, 0.4) is 0 Å². The summed E-state index contributed by atoms with van der Waals surface area (Å²) in [7, 11) is 0. The number of fused-ring (bicyclic) bond motifs is 1. The summed E-state index contributed by atoms with van der Waals surface area (Å²) in [4.78, 5) is 7.56. The number of H-pyrrole nitrogens is 1. The Morgan fingerprint density at radius 2 is 2.33 bits per heavy atom. The monoisotopic (exact) mass is 198 g/mol. The summed E-state index contributed by atoms with van der Waals surface area (Å²) in [6, 6.07) is 8.16. The Labute approximate surface area is 86.9 Å². The van der Waals surface area contributed by atoms with Crippen molar-refractivity contribution in [2.45, 2.75) is 18.9 Å². The molecule has 1 aliphatic carbocycles. The Morgan fingerprint density at radius 1 is 1.47 bits per heavy atom. The molecule has 0 spiro atoms. The molecular weight excluding hydrogens is 188 g/mol. The Morgan fingerprint density at radius 3 is 3.07 bits per heavy atom. The van der Waals surface area contributed by atoms with Crippen molar-refractivity contribution < 1.29 is 0 Å². The third-order valence-electron chi connectivity index (χ3n) is 2.53. The molecule has 1 saturated carbocycles. The molecule has 0 radical (unpaired) electrons. The molecule has 74 valence electrons. The van der Waals surface area contributed by atoms with Gasteiger partial charge in [-0.3, -0.25) is 0 Å². The van der Waals surface area contributed by atoms with Crippen LogP contribution in [0, 0.1) is 11.3 Å². The van der Waals surface area contributed by atoms with Gasteiger partial charge in [0.2, 0.25) is 5.95 Å². The number of aromatic amines is 1. The number of imidazole rings is 1. The van der Waals surface area contributed by atoms with E-state index in [1.165, 1.54) is 12.8 Å². The lowest BCUT2D eigenvalue weighted by Gasteiger charge is -1.95. The number of aromatic nitrogens is 2. The van der Waals surface area contributed by atoms with Crippen LogP contribution in [0.2, 0.25) is 0 Å². The fourth-order valence-corrected chi connectivity index (χ4v) is 1.57. The highest BCUT2D eigenvalue weighted by molar-refractivity contribution is 5.79. The summed E-state index contributed by atoms with van der Waals surface area (Å²) in [5.41, 5.74) is 2.47. The van der Waals surface area contributed by atoms with Gasteiger partial charge in [0.05, 0.1) is 22.7 Å². The summed E-state index contributed by atoms with van der Waals surface area (Å²) in [5.74, 6) is 0.808. The first-order valence-corrected chi connectivity index (χ1v) is 5.01. The first kappa shape index (κ1) is 8.30. The van der Waals surface area contributed by atoms with Gasteiger partial charge in [0.1, 0.15) is 0 Å². The van der Waals surface area contributed by atoms with E-state index in [4.69, 9.17) is 5.26 Å². The summed E-state index contributed by atoms with van der Waals surface area (Å²) >= 11 is 0. The van der Waals surface area contributed by atoms with Gasteiger partial charge in [-0.2, -0.15) is 5.26 Å². The van der Waals surface area contributed by atoms with Gasteiger partial charge in [-0.25, -0.2) is 4.98 Å². The predicted molar refractivity (Wildman–Crippen MR) is 57.5 cm³/mol. The molecular formula is C11H10N4. The van der Waals surface area contributed by atoms with E-state index in [0.717, 1.165) is 17.0 Å². The standard InChI is InChI=1S/C11H10N4/c12-6-7-1-4-9-10(5-7)15-11(14-9)13-8-2-3-8/h1,4-5,8H,2-3H2,(H2,13,14,15). The minimum absolute atomic E-state index is 0.584. The molecule has 1 aliphatic rings. The van der Waals surface area contributed by atoms with Crippen molar-refractivity contribution in [2.75, 3.05) is 5.32 Å². The van der Waals surface area contributed by atoms with Crippen LogP contribution in [0.1, 0.15) is 18.4 Å². The average Bonchev–Trinajstić information content (AvgIpc) is 2.96. The Hall–Kier alpha value is -2.02. The lowest BCUT2D eigenvalue weighted by molar-refractivity contribution is 1.10.